The highest BCUT2D eigenvalue weighted by Gasteiger charge is 2.42. The zero-order chi connectivity index (χ0) is 10.9. The number of aliphatic hydroxyl groups excluding tert-OH is 2. The highest BCUT2D eigenvalue weighted by atomic mass is 32.3. The second-order valence-corrected chi connectivity index (χ2v) is 3.66. The third-order valence-corrected chi connectivity index (χ3v) is 2.01. The average Bonchev–Trinajstić information content (AvgIpc) is 2.28. The van der Waals surface area contributed by atoms with Crippen LogP contribution in [-0.4, -0.2) is 54.1 Å². The Kier molecular flexibility index (Phi) is 3.07. The van der Waals surface area contributed by atoms with E-state index in [1.807, 2.05) is 0 Å². The molecule has 3 atom stereocenters. The lowest BCUT2D eigenvalue weighted by atomic mass is 10.1. The minimum absolute atomic E-state index is 0.810. The van der Waals surface area contributed by atoms with Crippen molar-refractivity contribution in [2.75, 3.05) is 6.61 Å². The summed E-state index contributed by atoms with van der Waals surface area (Å²) in [4.78, 5) is 10.6. The lowest BCUT2D eigenvalue weighted by molar-refractivity contribution is -0.148. The van der Waals surface area contributed by atoms with Crippen LogP contribution in [0.4, 0.5) is 0 Å². The monoisotopic (exact) mass is 227 g/mol. The Labute approximate surface area is 79.0 Å². The topological polar surface area (TPSA) is 133 Å². The maximum absolute atomic E-state index is 10.6. The summed E-state index contributed by atoms with van der Waals surface area (Å²) in [6, 6.07) is 0. The molecule has 0 bridgehead atoms. The van der Waals surface area contributed by atoms with Crippen molar-refractivity contribution < 1.29 is 36.9 Å². The van der Waals surface area contributed by atoms with Crippen LogP contribution in [0.2, 0.25) is 0 Å². The largest absolute Gasteiger partial charge is 0.726 e. The van der Waals surface area contributed by atoms with Crippen LogP contribution in [0.25, 0.3) is 0 Å². The molecule has 0 saturated carbocycles. The predicted molar refractivity (Wildman–Crippen MR) is 37.5 cm³/mol. The lowest BCUT2D eigenvalue weighted by Crippen LogP contribution is -2.34. The summed E-state index contributed by atoms with van der Waals surface area (Å²) in [6.07, 6.45) is -4.68. The van der Waals surface area contributed by atoms with Crippen molar-refractivity contribution in [3.05, 3.63) is 0 Å². The molecule has 1 heterocycles. The Morgan fingerprint density at radius 2 is 2.07 bits per heavy atom. The first-order chi connectivity index (χ1) is 6.31. The SMILES string of the molecule is O=C1O[C@H](COS(=O)(=O)[O-])[C@@H](O)[C@H]1O. The highest BCUT2D eigenvalue weighted by Crippen LogP contribution is 2.16. The van der Waals surface area contributed by atoms with Crippen LogP contribution in [0, 0.1) is 0 Å². The molecule has 0 aromatic rings. The number of hydrogen-bond acceptors (Lipinski definition) is 8. The van der Waals surface area contributed by atoms with Crippen LogP contribution in [-0.2, 0) is 24.1 Å². The Balaban J connectivity index is 2.52. The van der Waals surface area contributed by atoms with E-state index in [1.54, 1.807) is 0 Å². The summed E-state index contributed by atoms with van der Waals surface area (Å²) < 4.78 is 38.0. The van der Waals surface area contributed by atoms with Crippen molar-refractivity contribution in [1.29, 1.82) is 0 Å². The summed E-state index contributed by atoms with van der Waals surface area (Å²) in [5.41, 5.74) is 0. The number of rotatable bonds is 3. The molecule has 8 nitrogen and oxygen atoms in total. The number of cyclic esters (lactones) is 1. The standard InChI is InChI=1S/C5H8O8S/c6-3-2(1-12-14(9,10)11)13-5(8)4(3)7/h2-4,6-7H,1H2,(H,9,10,11)/p-1/t2-,3-,4-/m1/s1. The molecule has 2 N–H and O–H groups in total. The molecular weight excluding hydrogens is 220 g/mol. The van der Waals surface area contributed by atoms with Gasteiger partial charge in [0.15, 0.2) is 12.2 Å². The highest BCUT2D eigenvalue weighted by molar-refractivity contribution is 7.80. The van der Waals surface area contributed by atoms with Crippen molar-refractivity contribution >= 4 is 16.4 Å². The van der Waals surface area contributed by atoms with Crippen LogP contribution >= 0.6 is 0 Å². The van der Waals surface area contributed by atoms with Crippen LogP contribution in [0.15, 0.2) is 0 Å². The molecule has 0 aromatic carbocycles. The zero-order valence-electron chi connectivity index (χ0n) is 6.69. The predicted octanol–water partition coefficient (Wildman–Crippen LogP) is -2.89. The number of carbonyl (C=O) groups excluding carboxylic acids is 1. The molecule has 1 aliphatic heterocycles. The minimum atomic E-state index is -4.90. The molecule has 14 heavy (non-hydrogen) atoms. The summed E-state index contributed by atoms with van der Waals surface area (Å²) in [5.74, 6) is -1.09. The Morgan fingerprint density at radius 1 is 1.50 bits per heavy atom. The van der Waals surface area contributed by atoms with Crippen LogP contribution in [0.5, 0.6) is 0 Å². The van der Waals surface area contributed by atoms with Gasteiger partial charge in [0.25, 0.3) is 0 Å². The Hall–Kier alpha value is -0.740. The van der Waals surface area contributed by atoms with Crippen molar-refractivity contribution in [3.63, 3.8) is 0 Å². The average molecular weight is 227 g/mol. The Morgan fingerprint density at radius 3 is 2.43 bits per heavy atom. The fourth-order valence-electron chi connectivity index (χ4n) is 0.914. The number of hydrogen-bond donors (Lipinski definition) is 2. The summed E-state index contributed by atoms with van der Waals surface area (Å²) >= 11 is 0. The van der Waals surface area contributed by atoms with Crippen LogP contribution in [0.3, 0.4) is 0 Å². The summed E-state index contributed by atoms with van der Waals surface area (Å²) in [6.45, 7) is -0.810. The normalized spacial score (nSPS) is 33.1. The van der Waals surface area contributed by atoms with Gasteiger partial charge in [-0.1, -0.05) is 0 Å². The molecule has 0 amide bonds. The van der Waals surface area contributed by atoms with E-state index in [4.69, 9.17) is 10.2 Å². The van der Waals surface area contributed by atoms with E-state index >= 15 is 0 Å². The number of ether oxygens (including phenoxy) is 1. The maximum atomic E-state index is 10.6. The van der Waals surface area contributed by atoms with E-state index in [2.05, 4.69) is 8.92 Å². The number of esters is 1. The van der Waals surface area contributed by atoms with E-state index in [1.165, 1.54) is 0 Å². The number of aliphatic hydroxyl groups is 2. The van der Waals surface area contributed by atoms with Gasteiger partial charge in [-0.05, 0) is 0 Å². The molecule has 0 radical (unpaired) electrons. The van der Waals surface area contributed by atoms with Gasteiger partial charge in [-0.15, -0.1) is 0 Å². The first-order valence-corrected chi connectivity index (χ1v) is 4.81. The van der Waals surface area contributed by atoms with Gasteiger partial charge in [-0.3, -0.25) is 4.18 Å². The van der Waals surface area contributed by atoms with E-state index in [0.717, 1.165) is 0 Å². The minimum Gasteiger partial charge on any atom is -0.726 e. The second-order valence-electron chi connectivity index (χ2n) is 2.60. The van der Waals surface area contributed by atoms with Gasteiger partial charge in [-0.2, -0.15) is 0 Å². The molecule has 9 heteroatoms. The van der Waals surface area contributed by atoms with Crippen molar-refractivity contribution in [3.8, 4) is 0 Å². The molecule has 1 rings (SSSR count). The molecule has 1 aliphatic rings. The van der Waals surface area contributed by atoms with Crippen molar-refractivity contribution in [2.45, 2.75) is 18.3 Å². The Bertz CT molecular complexity index is 321. The van der Waals surface area contributed by atoms with E-state index in [0.29, 0.717) is 0 Å². The fourth-order valence-corrected chi connectivity index (χ4v) is 1.22. The van der Waals surface area contributed by atoms with E-state index in [9.17, 15) is 17.8 Å². The van der Waals surface area contributed by atoms with Crippen LogP contribution < -0.4 is 0 Å². The molecule has 82 valence electrons. The first kappa shape index (κ1) is 11.3. The maximum Gasteiger partial charge on any atom is 0.338 e. The smallest absolute Gasteiger partial charge is 0.338 e. The quantitative estimate of drug-likeness (QED) is 0.298. The van der Waals surface area contributed by atoms with Gasteiger partial charge in [0.1, 0.15) is 12.7 Å². The number of carbonyl (C=O) groups is 1. The summed E-state index contributed by atoms with van der Waals surface area (Å²) in [7, 11) is -4.90. The first-order valence-electron chi connectivity index (χ1n) is 3.48. The molecule has 1 fully saturated rings. The van der Waals surface area contributed by atoms with E-state index < -0.39 is 41.3 Å². The lowest BCUT2D eigenvalue weighted by Gasteiger charge is -2.14. The van der Waals surface area contributed by atoms with Crippen molar-refractivity contribution in [2.24, 2.45) is 0 Å². The van der Waals surface area contributed by atoms with Gasteiger partial charge in [-0.25, -0.2) is 13.2 Å². The fraction of sp³-hybridized carbons (Fsp3) is 0.800. The molecule has 1 saturated heterocycles. The summed E-state index contributed by atoms with van der Waals surface area (Å²) in [5, 5.41) is 17.9. The third-order valence-electron chi connectivity index (χ3n) is 1.59. The molecule has 0 unspecified atom stereocenters. The van der Waals surface area contributed by atoms with Crippen LogP contribution in [0.1, 0.15) is 0 Å². The van der Waals surface area contributed by atoms with E-state index in [-0.39, 0.29) is 0 Å². The molecule has 0 spiro atoms. The third kappa shape index (κ3) is 2.62. The molecular formula is C5H7O8S-. The van der Waals surface area contributed by atoms with Crippen molar-refractivity contribution in [1.82, 2.24) is 0 Å². The zero-order valence-corrected chi connectivity index (χ0v) is 7.51. The second kappa shape index (κ2) is 3.79. The van der Waals surface area contributed by atoms with Gasteiger partial charge < -0.3 is 19.5 Å². The molecule has 0 aliphatic carbocycles. The molecule has 0 aromatic heterocycles. The van der Waals surface area contributed by atoms with Gasteiger partial charge >= 0.3 is 5.97 Å². The van der Waals surface area contributed by atoms with Gasteiger partial charge in [0.05, 0.1) is 0 Å². The van der Waals surface area contributed by atoms with Gasteiger partial charge in [0.2, 0.25) is 10.4 Å². The van der Waals surface area contributed by atoms with Gasteiger partial charge in [0, 0.05) is 0 Å².